The number of halogens is 4. The molecule has 0 atom stereocenters. The van der Waals surface area contributed by atoms with E-state index in [9.17, 15) is 18.3 Å². The van der Waals surface area contributed by atoms with Crippen LogP contribution in [0.1, 0.15) is 0 Å². The third kappa shape index (κ3) is 2.82. The van der Waals surface area contributed by atoms with Gasteiger partial charge in [0.15, 0.2) is 0 Å². The van der Waals surface area contributed by atoms with E-state index >= 15 is 0 Å². The second-order valence-electron chi connectivity index (χ2n) is 4.57. The molecule has 0 saturated carbocycles. The largest absolute Gasteiger partial charge is 0.493 e. The summed E-state index contributed by atoms with van der Waals surface area (Å²) in [4.78, 5) is 7.51. The Morgan fingerprint density at radius 1 is 1.18 bits per heavy atom. The molecule has 1 aromatic carbocycles. The molecule has 0 amide bonds. The van der Waals surface area contributed by atoms with Gasteiger partial charge in [-0.25, -0.2) is 9.97 Å². The second kappa shape index (κ2) is 5.13. The standard InChI is InChI=1S/C13H8ClF3N4O/c14-8-1-7-4-20-21(5-13(15,16)17)12(7)9(2-8)10-3-11(22)19-6-18-10/h1-4,6H,5H2,(H,18,19,22). The van der Waals surface area contributed by atoms with Gasteiger partial charge in [0.05, 0.1) is 17.4 Å². The summed E-state index contributed by atoms with van der Waals surface area (Å²) in [5, 5.41) is 14.0. The van der Waals surface area contributed by atoms with E-state index in [1.807, 2.05) is 0 Å². The fraction of sp³-hybridized carbons (Fsp3) is 0.154. The van der Waals surface area contributed by atoms with E-state index in [0.29, 0.717) is 16.0 Å². The van der Waals surface area contributed by atoms with E-state index in [-0.39, 0.29) is 17.1 Å². The number of hydrogen-bond acceptors (Lipinski definition) is 4. The summed E-state index contributed by atoms with van der Waals surface area (Å²) in [6, 6.07) is 4.23. The van der Waals surface area contributed by atoms with E-state index < -0.39 is 12.7 Å². The van der Waals surface area contributed by atoms with Crippen LogP contribution in [0.3, 0.4) is 0 Å². The van der Waals surface area contributed by atoms with Gasteiger partial charge in [-0.2, -0.15) is 18.3 Å². The van der Waals surface area contributed by atoms with Gasteiger partial charge in [-0.1, -0.05) is 11.6 Å². The Kier molecular flexibility index (Phi) is 3.40. The van der Waals surface area contributed by atoms with E-state index in [1.165, 1.54) is 24.4 Å². The van der Waals surface area contributed by atoms with Crippen molar-refractivity contribution in [1.82, 2.24) is 19.7 Å². The van der Waals surface area contributed by atoms with Gasteiger partial charge in [-0.3, -0.25) is 4.68 Å². The molecule has 0 fully saturated rings. The number of rotatable bonds is 2. The Bertz CT molecular complexity index is 847. The first-order chi connectivity index (χ1) is 10.3. The van der Waals surface area contributed by atoms with E-state index in [1.54, 1.807) is 0 Å². The number of benzene rings is 1. The molecule has 0 aliphatic heterocycles. The maximum Gasteiger partial charge on any atom is 0.408 e. The fourth-order valence-electron chi connectivity index (χ4n) is 2.18. The third-order valence-corrected chi connectivity index (χ3v) is 3.17. The lowest BCUT2D eigenvalue weighted by molar-refractivity contribution is -0.141. The minimum Gasteiger partial charge on any atom is -0.493 e. The van der Waals surface area contributed by atoms with Gasteiger partial charge in [0.2, 0.25) is 5.88 Å². The van der Waals surface area contributed by atoms with Gasteiger partial charge < -0.3 is 5.11 Å². The lowest BCUT2D eigenvalue weighted by atomic mass is 10.1. The maximum absolute atomic E-state index is 12.7. The molecule has 114 valence electrons. The fourth-order valence-corrected chi connectivity index (χ4v) is 2.40. The molecule has 0 bridgehead atoms. The quantitative estimate of drug-likeness (QED) is 0.783. The Balaban J connectivity index is 2.26. The van der Waals surface area contributed by atoms with Crippen LogP contribution in [0.25, 0.3) is 22.2 Å². The molecule has 3 aromatic rings. The van der Waals surface area contributed by atoms with Crippen molar-refractivity contribution in [3.05, 3.63) is 35.7 Å². The first kappa shape index (κ1) is 14.6. The summed E-state index contributed by atoms with van der Waals surface area (Å²) in [5.41, 5.74) is 0.825. The smallest absolute Gasteiger partial charge is 0.408 e. The van der Waals surface area contributed by atoms with E-state index in [0.717, 1.165) is 11.0 Å². The molecule has 0 radical (unpaired) electrons. The SMILES string of the molecule is Oc1cc(-c2cc(Cl)cc3cnn(CC(F)(F)F)c23)ncn1. The predicted molar refractivity (Wildman–Crippen MR) is 73.5 cm³/mol. The van der Waals surface area contributed by atoms with E-state index in [4.69, 9.17) is 11.6 Å². The molecule has 0 spiro atoms. The number of nitrogens with zero attached hydrogens (tertiary/aromatic N) is 4. The topological polar surface area (TPSA) is 63.8 Å². The molecule has 5 nitrogen and oxygen atoms in total. The lowest BCUT2D eigenvalue weighted by Gasteiger charge is -2.11. The van der Waals surface area contributed by atoms with Crippen LogP contribution in [0.4, 0.5) is 13.2 Å². The van der Waals surface area contributed by atoms with Crippen molar-refractivity contribution >= 4 is 22.5 Å². The highest BCUT2D eigenvalue weighted by atomic mass is 35.5. The molecular formula is C13H8ClF3N4O. The minimum atomic E-state index is -4.41. The third-order valence-electron chi connectivity index (χ3n) is 2.96. The zero-order valence-corrected chi connectivity index (χ0v) is 11.6. The Labute approximate surface area is 127 Å². The molecule has 0 aliphatic carbocycles. The van der Waals surface area contributed by atoms with Crippen LogP contribution in [0, 0.1) is 0 Å². The highest BCUT2D eigenvalue weighted by Crippen LogP contribution is 2.33. The van der Waals surface area contributed by atoms with Crippen molar-refractivity contribution in [2.24, 2.45) is 0 Å². The molecule has 0 aliphatic rings. The number of alkyl halides is 3. The Morgan fingerprint density at radius 2 is 1.95 bits per heavy atom. The van der Waals surface area contributed by atoms with Gasteiger partial charge in [-0.15, -0.1) is 0 Å². The zero-order valence-electron chi connectivity index (χ0n) is 10.8. The van der Waals surface area contributed by atoms with Crippen LogP contribution in [0.5, 0.6) is 5.88 Å². The molecule has 3 rings (SSSR count). The zero-order chi connectivity index (χ0) is 15.9. The summed E-state index contributed by atoms with van der Waals surface area (Å²) in [5.74, 6) is -0.292. The van der Waals surface area contributed by atoms with Crippen molar-refractivity contribution in [3.63, 3.8) is 0 Å². The van der Waals surface area contributed by atoms with Crippen LogP contribution in [-0.4, -0.2) is 31.0 Å². The average Bonchev–Trinajstić information content (AvgIpc) is 2.78. The van der Waals surface area contributed by atoms with Crippen molar-refractivity contribution in [2.75, 3.05) is 0 Å². The van der Waals surface area contributed by atoms with Gasteiger partial charge in [-0.05, 0) is 12.1 Å². The van der Waals surface area contributed by atoms with E-state index in [2.05, 4.69) is 15.1 Å². The molecule has 0 saturated heterocycles. The molecule has 0 unspecified atom stereocenters. The first-order valence-electron chi connectivity index (χ1n) is 6.07. The maximum atomic E-state index is 12.7. The van der Waals surface area contributed by atoms with Crippen molar-refractivity contribution in [1.29, 1.82) is 0 Å². The molecule has 22 heavy (non-hydrogen) atoms. The summed E-state index contributed by atoms with van der Waals surface area (Å²) >= 11 is 5.99. The number of aromatic nitrogens is 4. The van der Waals surface area contributed by atoms with Crippen LogP contribution in [0.2, 0.25) is 5.02 Å². The van der Waals surface area contributed by atoms with Crippen molar-refractivity contribution in [3.8, 4) is 17.1 Å². The molecule has 1 N–H and O–H groups in total. The highest BCUT2D eigenvalue weighted by molar-refractivity contribution is 6.31. The van der Waals surface area contributed by atoms with Gasteiger partial charge >= 0.3 is 6.18 Å². The molecule has 9 heteroatoms. The predicted octanol–water partition coefficient (Wildman–Crippen LogP) is 3.41. The first-order valence-corrected chi connectivity index (χ1v) is 6.44. The summed E-state index contributed by atoms with van der Waals surface area (Å²) in [6.07, 6.45) is -2.00. The molecule has 2 heterocycles. The van der Waals surface area contributed by atoms with Crippen LogP contribution in [-0.2, 0) is 6.54 Å². The van der Waals surface area contributed by atoms with Crippen LogP contribution >= 0.6 is 11.6 Å². The van der Waals surface area contributed by atoms with Gasteiger partial charge in [0.1, 0.15) is 12.9 Å². The monoisotopic (exact) mass is 328 g/mol. The van der Waals surface area contributed by atoms with Crippen LogP contribution < -0.4 is 0 Å². The minimum absolute atomic E-state index is 0.236. The summed E-state index contributed by atoms with van der Waals surface area (Å²) in [6.45, 7) is -1.23. The van der Waals surface area contributed by atoms with Crippen LogP contribution in [0.15, 0.2) is 30.7 Å². The van der Waals surface area contributed by atoms with Crippen molar-refractivity contribution < 1.29 is 18.3 Å². The summed E-state index contributed by atoms with van der Waals surface area (Å²) < 4.78 is 38.8. The highest BCUT2D eigenvalue weighted by Gasteiger charge is 2.30. The van der Waals surface area contributed by atoms with Gasteiger partial charge in [0, 0.05) is 22.0 Å². The number of fused-ring (bicyclic) bond motifs is 1. The molecule has 2 aromatic heterocycles. The summed E-state index contributed by atoms with van der Waals surface area (Å²) in [7, 11) is 0. The number of hydrogen-bond donors (Lipinski definition) is 1. The number of aromatic hydroxyl groups is 1. The Hall–Kier alpha value is -2.35. The average molecular weight is 329 g/mol. The Morgan fingerprint density at radius 3 is 2.64 bits per heavy atom. The lowest BCUT2D eigenvalue weighted by Crippen LogP contribution is -2.18. The van der Waals surface area contributed by atoms with Crippen molar-refractivity contribution in [2.45, 2.75) is 12.7 Å². The normalized spacial score (nSPS) is 12.0. The van der Waals surface area contributed by atoms with Gasteiger partial charge in [0.25, 0.3) is 0 Å². The second-order valence-corrected chi connectivity index (χ2v) is 5.01. The molecular weight excluding hydrogens is 321 g/mol.